The van der Waals surface area contributed by atoms with Crippen LogP contribution in [0.5, 0.6) is 5.75 Å². The zero-order chi connectivity index (χ0) is 23.4. The molecule has 0 unspecified atom stereocenters. The van der Waals surface area contributed by atoms with Crippen LogP contribution >= 0.6 is 0 Å². The number of nitro benzene ring substituents is 1. The number of aromatic nitrogens is 5. The maximum atomic E-state index is 13.4. The standard InChI is InChI=1S/C20H15F2N7O4/c21-14-3-1-2-13(8-14)10-28-11-23-20(26-28)24-19(30)16-6-7-27(25-16)12-33-18-9-15(22)4-5-17(18)29(31)32/h1-9,11H,10,12H2,(H,24,26,30). The maximum absolute atomic E-state index is 13.4. The SMILES string of the molecule is O=C(Nc1ncn(Cc2cccc(F)c2)n1)c1ccn(COc2cc(F)ccc2[N+](=O)[O-])n1. The van der Waals surface area contributed by atoms with E-state index in [0.717, 1.165) is 18.2 Å². The Kier molecular flexibility index (Phi) is 6.02. The molecule has 0 aliphatic rings. The fraction of sp³-hybridized carbons (Fsp3) is 0.100. The van der Waals surface area contributed by atoms with E-state index in [1.54, 1.807) is 12.1 Å². The van der Waals surface area contributed by atoms with Crippen molar-refractivity contribution < 1.29 is 23.2 Å². The number of nitro groups is 1. The van der Waals surface area contributed by atoms with Gasteiger partial charge >= 0.3 is 5.69 Å². The minimum absolute atomic E-state index is 0.00817. The molecule has 33 heavy (non-hydrogen) atoms. The molecule has 2 aromatic carbocycles. The molecule has 0 atom stereocenters. The van der Waals surface area contributed by atoms with E-state index in [-0.39, 0.29) is 36.5 Å². The molecule has 2 aromatic heterocycles. The van der Waals surface area contributed by atoms with Crippen molar-refractivity contribution in [3.63, 3.8) is 0 Å². The predicted octanol–water partition coefficient (Wildman–Crippen LogP) is 3.00. The Morgan fingerprint density at radius 3 is 2.70 bits per heavy atom. The molecule has 1 N–H and O–H groups in total. The largest absolute Gasteiger partial charge is 0.464 e. The second-order valence-corrected chi connectivity index (χ2v) is 6.73. The number of halogens is 2. The molecule has 0 radical (unpaired) electrons. The van der Waals surface area contributed by atoms with Gasteiger partial charge in [0.1, 0.15) is 18.0 Å². The van der Waals surface area contributed by atoms with Gasteiger partial charge in [0, 0.05) is 18.3 Å². The summed E-state index contributed by atoms with van der Waals surface area (Å²) in [5.74, 6) is -1.91. The van der Waals surface area contributed by atoms with Crippen molar-refractivity contribution in [1.29, 1.82) is 0 Å². The van der Waals surface area contributed by atoms with E-state index in [2.05, 4.69) is 20.5 Å². The van der Waals surface area contributed by atoms with E-state index >= 15 is 0 Å². The van der Waals surface area contributed by atoms with E-state index in [0.29, 0.717) is 5.56 Å². The van der Waals surface area contributed by atoms with E-state index in [9.17, 15) is 23.7 Å². The van der Waals surface area contributed by atoms with Crippen LogP contribution in [0.15, 0.2) is 61.1 Å². The normalized spacial score (nSPS) is 10.7. The van der Waals surface area contributed by atoms with Gasteiger partial charge in [0.15, 0.2) is 12.4 Å². The molecule has 0 bridgehead atoms. The lowest BCUT2D eigenvalue weighted by Crippen LogP contribution is -2.15. The number of carbonyl (C=O) groups excluding carboxylic acids is 1. The van der Waals surface area contributed by atoms with Crippen LogP contribution in [0.25, 0.3) is 0 Å². The summed E-state index contributed by atoms with van der Waals surface area (Å²) in [4.78, 5) is 26.7. The maximum Gasteiger partial charge on any atom is 0.311 e. The summed E-state index contributed by atoms with van der Waals surface area (Å²) in [6, 6.07) is 10.2. The number of ether oxygens (including phenoxy) is 1. The molecule has 0 saturated heterocycles. The number of carbonyl (C=O) groups is 1. The Labute approximate surface area is 184 Å². The molecule has 0 aliphatic carbocycles. The van der Waals surface area contributed by atoms with Gasteiger partial charge in [-0.2, -0.15) is 5.10 Å². The number of nitrogens with zero attached hydrogens (tertiary/aromatic N) is 6. The fourth-order valence-electron chi connectivity index (χ4n) is 2.86. The van der Waals surface area contributed by atoms with Gasteiger partial charge in [0.2, 0.25) is 11.7 Å². The minimum atomic E-state index is -0.697. The van der Waals surface area contributed by atoms with Crippen molar-refractivity contribution in [3.8, 4) is 5.75 Å². The Bertz CT molecular complexity index is 1320. The third-order valence-corrected chi connectivity index (χ3v) is 4.34. The molecule has 2 heterocycles. The second-order valence-electron chi connectivity index (χ2n) is 6.73. The summed E-state index contributed by atoms with van der Waals surface area (Å²) in [6.07, 6.45) is 2.80. The Hall–Kier alpha value is -4.68. The Morgan fingerprint density at radius 1 is 1.09 bits per heavy atom. The quantitative estimate of drug-likeness (QED) is 0.319. The van der Waals surface area contributed by atoms with E-state index in [1.165, 1.54) is 40.1 Å². The summed E-state index contributed by atoms with van der Waals surface area (Å²) in [6.45, 7) is -0.0309. The van der Waals surface area contributed by atoms with Gasteiger partial charge < -0.3 is 4.74 Å². The average molecular weight is 455 g/mol. The molecule has 4 rings (SSSR count). The zero-order valence-electron chi connectivity index (χ0n) is 16.8. The van der Waals surface area contributed by atoms with Crippen LogP contribution in [0, 0.1) is 21.7 Å². The first-order chi connectivity index (χ1) is 15.9. The van der Waals surface area contributed by atoms with Gasteiger partial charge in [-0.1, -0.05) is 12.1 Å². The second kappa shape index (κ2) is 9.21. The fourth-order valence-corrected chi connectivity index (χ4v) is 2.86. The third-order valence-electron chi connectivity index (χ3n) is 4.34. The Balaban J connectivity index is 1.36. The molecule has 0 fully saturated rings. The lowest BCUT2D eigenvalue weighted by atomic mass is 10.2. The van der Waals surface area contributed by atoms with Gasteiger partial charge in [-0.25, -0.2) is 23.1 Å². The van der Waals surface area contributed by atoms with Gasteiger partial charge in [0.05, 0.1) is 11.5 Å². The number of hydrogen-bond acceptors (Lipinski definition) is 7. The van der Waals surface area contributed by atoms with Crippen LogP contribution in [0.1, 0.15) is 16.1 Å². The molecule has 168 valence electrons. The molecule has 13 heteroatoms. The van der Waals surface area contributed by atoms with Crippen molar-refractivity contribution in [1.82, 2.24) is 24.5 Å². The summed E-state index contributed by atoms with van der Waals surface area (Å²) in [7, 11) is 0. The van der Waals surface area contributed by atoms with Gasteiger partial charge in [0.25, 0.3) is 5.91 Å². The van der Waals surface area contributed by atoms with Crippen LogP contribution in [0.2, 0.25) is 0 Å². The van der Waals surface area contributed by atoms with Crippen LogP contribution in [0.4, 0.5) is 20.4 Å². The highest BCUT2D eigenvalue weighted by Gasteiger charge is 2.17. The number of rotatable bonds is 8. The number of anilines is 1. The summed E-state index contributed by atoms with van der Waals surface area (Å²) >= 11 is 0. The van der Waals surface area contributed by atoms with E-state index in [4.69, 9.17) is 4.74 Å². The molecule has 0 aliphatic heterocycles. The predicted molar refractivity (Wildman–Crippen MR) is 109 cm³/mol. The third kappa shape index (κ3) is 5.33. The monoisotopic (exact) mass is 455 g/mol. The highest BCUT2D eigenvalue weighted by molar-refractivity contribution is 6.01. The number of hydrogen-bond donors (Lipinski definition) is 1. The first kappa shape index (κ1) is 21.5. The smallest absolute Gasteiger partial charge is 0.311 e. The molecule has 11 nitrogen and oxygen atoms in total. The minimum Gasteiger partial charge on any atom is -0.464 e. The molecular weight excluding hydrogens is 440 g/mol. The van der Waals surface area contributed by atoms with Gasteiger partial charge in [-0.15, -0.1) is 5.10 Å². The van der Waals surface area contributed by atoms with Crippen molar-refractivity contribution in [3.05, 3.63) is 94.1 Å². The number of amides is 1. The highest BCUT2D eigenvalue weighted by atomic mass is 19.1. The van der Waals surface area contributed by atoms with Crippen molar-refractivity contribution in [2.75, 3.05) is 5.32 Å². The first-order valence-electron chi connectivity index (χ1n) is 9.43. The molecule has 4 aromatic rings. The highest BCUT2D eigenvalue weighted by Crippen LogP contribution is 2.27. The average Bonchev–Trinajstić information content (AvgIpc) is 3.42. The topological polar surface area (TPSA) is 130 Å². The zero-order valence-corrected chi connectivity index (χ0v) is 16.8. The molecule has 0 saturated carbocycles. The summed E-state index contributed by atoms with van der Waals surface area (Å²) in [5, 5.41) is 21.6. The lowest BCUT2D eigenvalue weighted by Gasteiger charge is -2.06. The van der Waals surface area contributed by atoms with Crippen LogP contribution in [0.3, 0.4) is 0 Å². The van der Waals surface area contributed by atoms with Gasteiger partial charge in [-0.05, 0) is 29.8 Å². The van der Waals surface area contributed by atoms with Gasteiger partial charge in [-0.3, -0.25) is 20.2 Å². The molecule has 0 spiro atoms. The van der Waals surface area contributed by atoms with Crippen LogP contribution < -0.4 is 10.1 Å². The van der Waals surface area contributed by atoms with Crippen LogP contribution in [-0.4, -0.2) is 35.4 Å². The lowest BCUT2D eigenvalue weighted by molar-refractivity contribution is -0.386. The number of nitrogens with one attached hydrogen (secondary N) is 1. The van der Waals surface area contributed by atoms with Crippen molar-refractivity contribution >= 4 is 17.5 Å². The first-order valence-corrected chi connectivity index (χ1v) is 9.43. The van der Waals surface area contributed by atoms with E-state index in [1.807, 2.05) is 0 Å². The summed E-state index contributed by atoms with van der Waals surface area (Å²) < 4.78 is 34.6. The van der Waals surface area contributed by atoms with E-state index < -0.39 is 22.3 Å². The molecule has 1 amide bonds. The Morgan fingerprint density at radius 2 is 1.91 bits per heavy atom. The van der Waals surface area contributed by atoms with Crippen LogP contribution in [-0.2, 0) is 13.3 Å². The summed E-state index contributed by atoms with van der Waals surface area (Å²) in [5.41, 5.74) is 0.283. The number of benzene rings is 2. The van der Waals surface area contributed by atoms with Crippen molar-refractivity contribution in [2.24, 2.45) is 0 Å². The molecular formula is C20H15F2N7O4. The van der Waals surface area contributed by atoms with Crippen molar-refractivity contribution in [2.45, 2.75) is 13.3 Å².